The van der Waals surface area contributed by atoms with Gasteiger partial charge < -0.3 is 25.1 Å². The Morgan fingerprint density at radius 1 is 1.24 bits per heavy atom. The number of carbonyl (C=O) groups is 1. The van der Waals surface area contributed by atoms with Crippen LogP contribution in [0.2, 0.25) is 0 Å². The van der Waals surface area contributed by atoms with Gasteiger partial charge in [0.2, 0.25) is 0 Å². The Balaban J connectivity index is 2.04. The van der Waals surface area contributed by atoms with Crippen molar-refractivity contribution in [1.82, 2.24) is 14.9 Å². The molecule has 1 aromatic rings. The second-order valence-electron chi connectivity index (χ2n) is 7.55. The Morgan fingerprint density at radius 2 is 1.97 bits per heavy atom. The smallest absolute Gasteiger partial charge is 0.409 e. The van der Waals surface area contributed by atoms with Crippen molar-refractivity contribution in [3.63, 3.8) is 0 Å². The highest BCUT2D eigenvalue weighted by molar-refractivity contribution is 5.69. The zero-order valence-corrected chi connectivity index (χ0v) is 17.9. The number of hydrazine groups is 1. The maximum absolute atomic E-state index is 12.1. The van der Waals surface area contributed by atoms with Crippen LogP contribution in [0.3, 0.4) is 0 Å². The molecule has 1 heterocycles. The molecular weight excluding hydrogens is 370 g/mol. The molecule has 1 aliphatic rings. The van der Waals surface area contributed by atoms with E-state index in [4.69, 9.17) is 21.1 Å². The minimum Gasteiger partial charge on any atom is -0.489 e. The first kappa shape index (κ1) is 22.8. The topological polar surface area (TPSA) is 107 Å². The molecule has 8 heteroatoms. The van der Waals surface area contributed by atoms with Gasteiger partial charge in [0, 0.05) is 14.1 Å². The summed E-state index contributed by atoms with van der Waals surface area (Å²) < 4.78 is 11.2. The van der Waals surface area contributed by atoms with Crippen LogP contribution in [0.1, 0.15) is 57.6 Å². The lowest BCUT2D eigenvalue weighted by molar-refractivity contribution is 0.110. The highest BCUT2D eigenvalue weighted by atomic mass is 16.6. The lowest BCUT2D eigenvalue weighted by Gasteiger charge is -2.25. The molecule has 4 N–H and O–H groups in total. The molecule has 1 aromatic heterocycles. The molecule has 0 aliphatic heterocycles. The molecule has 0 bridgehead atoms. The lowest BCUT2D eigenvalue weighted by atomic mass is 9.98. The van der Waals surface area contributed by atoms with Gasteiger partial charge in [-0.25, -0.2) is 10.6 Å². The molecule has 0 radical (unpaired) electrons. The van der Waals surface area contributed by atoms with E-state index < -0.39 is 6.09 Å². The van der Waals surface area contributed by atoms with Crippen LogP contribution in [0.25, 0.3) is 5.70 Å². The first-order valence-corrected chi connectivity index (χ1v) is 10.4. The predicted molar refractivity (Wildman–Crippen MR) is 114 cm³/mol. The largest absolute Gasteiger partial charge is 0.489 e. The van der Waals surface area contributed by atoms with Gasteiger partial charge in [-0.3, -0.25) is 4.98 Å². The van der Waals surface area contributed by atoms with Gasteiger partial charge in [0.25, 0.3) is 0 Å². The molecule has 29 heavy (non-hydrogen) atoms. The Kier molecular flexibility index (Phi) is 9.05. The Labute approximate surface area is 173 Å². The predicted octanol–water partition coefficient (Wildman–Crippen LogP) is 3.09. The van der Waals surface area contributed by atoms with Crippen LogP contribution in [0.4, 0.5) is 4.79 Å². The maximum atomic E-state index is 12.1. The van der Waals surface area contributed by atoms with Gasteiger partial charge >= 0.3 is 6.09 Å². The van der Waals surface area contributed by atoms with Crippen molar-refractivity contribution in [2.24, 2.45) is 11.6 Å². The Morgan fingerprint density at radius 3 is 2.55 bits per heavy atom. The minimum atomic E-state index is -0.408. The van der Waals surface area contributed by atoms with Crippen molar-refractivity contribution >= 4 is 11.8 Å². The third-order valence-electron chi connectivity index (χ3n) is 5.03. The quantitative estimate of drug-likeness (QED) is 0.369. The summed E-state index contributed by atoms with van der Waals surface area (Å²) in [5.74, 6) is 6.71. The Bertz CT molecular complexity index is 669. The van der Waals surface area contributed by atoms with E-state index in [2.05, 4.69) is 4.98 Å². The average molecular weight is 406 g/mol. The van der Waals surface area contributed by atoms with Gasteiger partial charge in [0.1, 0.15) is 5.75 Å². The van der Waals surface area contributed by atoms with E-state index >= 15 is 0 Å². The number of ether oxygens (including phenoxy) is 2. The van der Waals surface area contributed by atoms with Gasteiger partial charge in [-0.15, -0.1) is 0 Å². The summed E-state index contributed by atoms with van der Waals surface area (Å²) in [5.41, 5.74) is 7.89. The summed E-state index contributed by atoms with van der Waals surface area (Å²) in [6.45, 7) is 2.66. The van der Waals surface area contributed by atoms with Crippen molar-refractivity contribution in [1.29, 1.82) is 0 Å². The molecule has 1 saturated carbocycles. The number of amides is 1. The standard InChI is InChI=1S/C21H35N5O3/c1-4-5-13-28-21(27)25(2)15-19(26(3)23)20(22)18-12-11-17(14-24-18)29-16-9-7-6-8-10-16/h11-12,14,16H,4-10,13,15,22-23H2,1-3H3/b20-19-. The fourth-order valence-corrected chi connectivity index (χ4v) is 3.22. The molecule has 8 nitrogen and oxygen atoms in total. The van der Waals surface area contributed by atoms with E-state index in [0.29, 0.717) is 23.7 Å². The van der Waals surface area contributed by atoms with E-state index in [1.165, 1.54) is 29.2 Å². The first-order valence-electron chi connectivity index (χ1n) is 10.4. The fraction of sp³-hybridized carbons (Fsp3) is 0.619. The van der Waals surface area contributed by atoms with Gasteiger partial charge in [-0.05, 0) is 44.2 Å². The van der Waals surface area contributed by atoms with E-state index in [0.717, 1.165) is 31.4 Å². The number of rotatable bonds is 9. The number of nitrogens with two attached hydrogens (primary N) is 2. The molecule has 162 valence electrons. The number of pyridine rings is 1. The second kappa shape index (κ2) is 11.5. The van der Waals surface area contributed by atoms with E-state index in [9.17, 15) is 4.79 Å². The van der Waals surface area contributed by atoms with E-state index in [1.54, 1.807) is 20.3 Å². The monoisotopic (exact) mass is 405 g/mol. The second-order valence-corrected chi connectivity index (χ2v) is 7.55. The van der Waals surface area contributed by atoms with Crippen molar-refractivity contribution < 1.29 is 14.3 Å². The van der Waals surface area contributed by atoms with Crippen LogP contribution < -0.4 is 16.3 Å². The third-order valence-corrected chi connectivity index (χ3v) is 5.03. The molecule has 0 spiro atoms. The molecule has 1 amide bonds. The third kappa shape index (κ3) is 7.12. The zero-order chi connectivity index (χ0) is 21.2. The molecule has 0 saturated heterocycles. The summed E-state index contributed by atoms with van der Waals surface area (Å²) in [6.07, 6.45) is 9.24. The molecule has 0 aromatic carbocycles. The molecule has 1 aliphatic carbocycles. The van der Waals surface area contributed by atoms with Gasteiger partial charge in [0.05, 0.1) is 42.5 Å². The van der Waals surface area contributed by atoms with Gasteiger partial charge in [-0.1, -0.05) is 19.8 Å². The number of likely N-dealkylation sites (N-methyl/N-ethyl adjacent to an activating group) is 2. The van der Waals surface area contributed by atoms with Crippen molar-refractivity contribution in [3.8, 4) is 5.75 Å². The number of nitrogens with zero attached hydrogens (tertiary/aromatic N) is 3. The van der Waals surface area contributed by atoms with Crippen LogP contribution in [0, 0.1) is 0 Å². The van der Waals surface area contributed by atoms with Crippen LogP contribution in [0.5, 0.6) is 5.75 Å². The number of unbranched alkanes of at least 4 members (excludes halogenated alkanes) is 1. The normalized spacial score (nSPS) is 15.4. The van der Waals surface area contributed by atoms with Crippen LogP contribution >= 0.6 is 0 Å². The Hall–Kier alpha value is -2.48. The van der Waals surface area contributed by atoms with Gasteiger partial charge in [0.15, 0.2) is 0 Å². The molecule has 2 rings (SSSR count). The molecule has 0 unspecified atom stereocenters. The highest BCUT2D eigenvalue weighted by Gasteiger charge is 2.18. The van der Waals surface area contributed by atoms with E-state index in [-0.39, 0.29) is 12.6 Å². The molecule has 0 atom stereocenters. The molecular formula is C21H35N5O3. The summed E-state index contributed by atoms with van der Waals surface area (Å²) in [4.78, 5) is 18.0. The first-order chi connectivity index (χ1) is 13.9. The lowest BCUT2D eigenvalue weighted by Crippen LogP contribution is -2.38. The number of hydrogen-bond acceptors (Lipinski definition) is 7. The van der Waals surface area contributed by atoms with E-state index in [1.807, 2.05) is 19.1 Å². The summed E-state index contributed by atoms with van der Waals surface area (Å²) in [7, 11) is 3.33. The minimum absolute atomic E-state index is 0.214. The fourth-order valence-electron chi connectivity index (χ4n) is 3.22. The van der Waals surface area contributed by atoms with Crippen LogP contribution in [0.15, 0.2) is 24.0 Å². The molecule has 1 fully saturated rings. The summed E-state index contributed by atoms with van der Waals surface area (Å²) >= 11 is 0. The summed E-state index contributed by atoms with van der Waals surface area (Å²) in [5, 5.41) is 1.40. The average Bonchev–Trinajstić information content (AvgIpc) is 2.72. The van der Waals surface area contributed by atoms with Gasteiger partial charge in [-0.2, -0.15) is 0 Å². The number of aromatic nitrogens is 1. The maximum Gasteiger partial charge on any atom is 0.409 e. The number of hydrogen-bond donors (Lipinski definition) is 2. The van der Waals surface area contributed by atoms with Crippen molar-refractivity contribution in [2.45, 2.75) is 58.0 Å². The number of carbonyl (C=O) groups excluding carboxylic acids is 1. The SMILES string of the molecule is CCCCOC(=O)N(C)C/C(=C(/N)c1ccc(OC2CCCCC2)cn1)N(C)N. The van der Waals surface area contributed by atoms with Crippen molar-refractivity contribution in [3.05, 3.63) is 29.7 Å². The van der Waals surface area contributed by atoms with Crippen molar-refractivity contribution in [2.75, 3.05) is 27.2 Å². The zero-order valence-electron chi connectivity index (χ0n) is 17.9. The summed E-state index contributed by atoms with van der Waals surface area (Å²) in [6, 6.07) is 3.69. The van der Waals surface area contributed by atoms with Crippen LogP contribution in [-0.2, 0) is 4.74 Å². The highest BCUT2D eigenvalue weighted by Crippen LogP contribution is 2.24. The van der Waals surface area contributed by atoms with Crippen LogP contribution in [-0.4, -0.2) is 54.3 Å².